The van der Waals surface area contributed by atoms with Gasteiger partial charge in [-0.1, -0.05) is 30.7 Å². The van der Waals surface area contributed by atoms with E-state index >= 15 is 0 Å². The van der Waals surface area contributed by atoms with Crippen LogP contribution >= 0.6 is 11.6 Å². The van der Waals surface area contributed by atoms with E-state index in [1.807, 2.05) is 38.1 Å². The van der Waals surface area contributed by atoms with Crippen molar-refractivity contribution in [2.24, 2.45) is 0 Å². The molecule has 0 saturated carbocycles. The zero-order valence-corrected chi connectivity index (χ0v) is 15.8. The maximum absolute atomic E-state index is 12.5. The van der Waals surface area contributed by atoms with Gasteiger partial charge in [-0.3, -0.25) is 4.79 Å². The summed E-state index contributed by atoms with van der Waals surface area (Å²) in [6.07, 6.45) is -0.130. The fourth-order valence-corrected chi connectivity index (χ4v) is 2.62. The van der Waals surface area contributed by atoms with Crippen LogP contribution in [0.3, 0.4) is 0 Å². The van der Waals surface area contributed by atoms with Crippen LogP contribution in [-0.2, 0) is 9.53 Å². The van der Waals surface area contributed by atoms with Gasteiger partial charge < -0.3 is 14.8 Å². The lowest BCUT2D eigenvalue weighted by molar-refractivity contribution is -0.122. The number of hydrogen-bond donors (Lipinski definition) is 1. The average Bonchev–Trinajstić information content (AvgIpc) is 2.60. The molecule has 0 unspecified atom stereocenters. The van der Waals surface area contributed by atoms with Crippen molar-refractivity contribution in [3.05, 3.63) is 58.6 Å². The number of anilines is 1. The van der Waals surface area contributed by atoms with Gasteiger partial charge >= 0.3 is 5.97 Å². The minimum absolute atomic E-state index is 0.217. The van der Waals surface area contributed by atoms with E-state index in [1.54, 1.807) is 13.0 Å². The van der Waals surface area contributed by atoms with Crippen LogP contribution in [0.5, 0.6) is 5.75 Å². The standard InChI is InChI=1S/C20H22ClNO4/c1-4-18(26-15-8-6-7-13(3)11-15)19(23)22-14-9-10-16(17(21)12-14)20(24)25-5-2/h6-12,18H,4-5H2,1-3H3,(H,22,23)/t18-/m1/s1. The highest BCUT2D eigenvalue weighted by molar-refractivity contribution is 6.34. The van der Waals surface area contributed by atoms with Crippen molar-refractivity contribution in [1.82, 2.24) is 0 Å². The van der Waals surface area contributed by atoms with Gasteiger partial charge in [-0.05, 0) is 56.2 Å². The molecule has 5 nitrogen and oxygen atoms in total. The minimum Gasteiger partial charge on any atom is -0.481 e. The first-order chi connectivity index (χ1) is 12.4. The molecule has 0 aliphatic carbocycles. The van der Waals surface area contributed by atoms with E-state index in [9.17, 15) is 9.59 Å². The molecule has 1 N–H and O–H groups in total. The maximum Gasteiger partial charge on any atom is 0.339 e. The summed E-state index contributed by atoms with van der Waals surface area (Å²) < 4.78 is 10.7. The molecular weight excluding hydrogens is 354 g/mol. The number of nitrogens with one attached hydrogen (secondary N) is 1. The summed E-state index contributed by atoms with van der Waals surface area (Å²) in [6, 6.07) is 12.2. The number of amides is 1. The summed E-state index contributed by atoms with van der Waals surface area (Å²) in [5.74, 6) is -0.138. The van der Waals surface area contributed by atoms with Gasteiger partial charge in [-0.15, -0.1) is 0 Å². The van der Waals surface area contributed by atoms with Crippen molar-refractivity contribution < 1.29 is 19.1 Å². The lowest BCUT2D eigenvalue weighted by atomic mass is 10.2. The van der Waals surface area contributed by atoms with Crippen LogP contribution in [0, 0.1) is 6.92 Å². The largest absolute Gasteiger partial charge is 0.481 e. The van der Waals surface area contributed by atoms with Gasteiger partial charge in [0.1, 0.15) is 5.75 Å². The fraction of sp³-hybridized carbons (Fsp3) is 0.300. The third kappa shape index (κ3) is 5.23. The minimum atomic E-state index is -0.639. The lowest BCUT2D eigenvalue weighted by Crippen LogP contribution is -2.32. The van der Waals surface area contributed by atoms with Crippen LogP contribution in [0.2, 0.25) is 5.02 Å². The number of esters is 1. The monoisotopic (exact) mass is 375 g/mol. The number of carbonyl (C=O) groups is 2. The summed E-state index contributed by atoms with van der Waals surface area (Å²) in [5, 5.41) is 2.98. The van der Waals surface area contributed by atoms with Gasteiger partial charge in [0.15, 0.2) is 6.10 Å². The fourth-order valence-electron chi connectivity index (χ4n) is 2.37. The summed E-state index contributed by atoms with van der Waals surface area (Å²) in [4.78, 5) is 24.3. The second-order valence-corrected chi connectivity index (χ2v) is 6.14. The molecule has 1 amide bonds. The number of aryl methyl sites for hydroxylation is 1. The van der Waals surface area contributed by atoms with Crippen LogP contribution in [0.1, 0.15) is 36.2 Å². The van der Waals surface area contributed by atoms with Gasteiger partial charge in [-0.2, -0.15) is 0 Å². The van der Waals surface area contributed by atoms with Gasteiger partial charge in [0, 0.05) is 5.69 Å². The third-order valence-corrected chi connectivity index (χ3v) is 3.98. The highest BCUT2D eigenvalue weighted by Gasteiger charge is 2.19. The van der Waals surface area contributed by atoms with E-state index in [1.165, 1.54) is 12.1 Å². The van der Waals surface area contributed by atoms with E-state index in [4.69, 9.17) is 21.1 Å². The lowest BCUT2D eigenvalue weighted by Gasteiger charge is -2.18. The number of halogens is 1. The number of hydrogen-bond acceptors (Lipinski definition) is 4. The zero-order valence-electron chi connectivity index (χ0n) is 15.0. The molecule has 2 rings (SSSR count). The molecule has 0 aliphatic rings. The normalized spacial score (nSPS) is 11.5. The highest BCUT2D eigenvalue weighted by Crippen LogP contribution is 2.23. The predicted molar refractivity (Wildman–Crippen MR) is 102 cm³/mol. The van der Waals surface area contributed by atoms with Crippen LogP contribution < -0.4 is 10.1 Å². The van der Waals surface area contributed by atoms with Crippen molar-refractivity contribution in [2.45, 2.75) is 33.3 Å². The second kappa shape index (κ2) is 9.25. The van der Waals surface area contributed by atoms with Crippen LogP contribution in [0.15, 0.2) is 42.5 Å². The van der Waals surface area contributed by atoms with Crippen LogP contribution in [-0.4, -0.2) is 24.6 Å². The highest BCUT2D eigenvalue weighted by atomic mass is 35.5. The number of benzene rings is 2. The Morgan fingerprint density at radius 3 is 2.54 bits per heavy atom. The van der Waals surface area contributed by atoms with Crippen molar-refractivity contribution in [3.8, 4) is 5.75 Å². The summed E-state index contributed by atoms with van der Waals surface area (Å²) >= 11 is 6.12. The van der Waals surface area contributed by atoms with Crippen molar-refractivity contribution in [2.75, 3.05) is 11.9 Å². The van der Waals surface area contributed by atoms with E-state index in [0.717, 1.165) is 5.56 Å². The Balaban J connectivity index is 2.07. The number of carbonyl (C=O) groups excluding carboxylic acids is 2. The molecule has 0 radical (unpaired) electrons. The third-order valence-electron chi connectivity index (χ3n) is 3.66. The first-order valence-corrected chi connectivity index (χ1v) is 8.83. The van der Waals surface area contributed by atoms with Crippen molar-refractivity contribution in [1.29, 1.82) is 0 Å². The molecule has 0 fully saturated rings. The molecule has 0 bridgehead atoms. The molecule has 26 heavy (non-hydrogen) atoms. The van der Waals surface area contributed by atoms with Crippen LogP contribution in [0.25, 0.3) is 0 Å². The van der Waals surface area contributed by atoms with Crippen molar-refractivity contribution >= 4 is 29.2 Å². The number of ether oxygens (including phenoxy) is 2. The first-order valence-electron chi connectivity index (χ1n) is 8.45. The number of rotatable bonds is 7. The van der Waals surface area contributed by atoms with E-state index in [2.05, 4.69) is 5.32 Å². The van der Waals surface area contributed by atoms with Gasteiger partial charge in [0.2, 0.25) is 0 Å². The molecule has 0 aliphatic heterocycles. The maximum atomic E-state index is 12.5. The van der Waals surface area contributed by atoms with Crippen LogP contribution in [0.4, 0.5) is 5.69 Å². The Kier molecular flexibility index (Phi) is 7.04. The van der Waals surface area contributed by atoms with Gasteiger partial charge in [0.05, 0.1) is 17.2 Å². The molecule has 1 atom stereocenters. The molecule has 0 saturated heterocycles. The summed E-state index contributed by atoms with van der Waals surface area (Å²) in [6.45, 7) is 5.82. The zero-order chi connectivity index (χ0) is 19.1. The molecular formula is C20H22ClNO4. The molecule has 0 heterocycles. The Morgan fingerprint density at radius 1 is 1.15 bits per heavy atom. The van der Waals surface area contributed by atoms with E-state index in [-0.39, 0.29) is 23.1 Å². The molecule has 2 aromatic rings. The van der Waals surface area contributed by atoms with E-state index in [0.29, 0.717) is 17.9 Å². The SMILES string of the molecule is CCOC(=O)c1ccc(NC(=O)[C@@H](CC)Oc2cccc(C)c2)cc1Cl. The molecule has 0 spiro atoms. The predicted octanol–water partition coefficient (Wildman–Crippen LogP) is 4.62. The average molecular weight is 376 g/mol. The van der Waals surface area contributed by atoms with Crippen molar-refractivity contribution in [3.63, 3.8) is 0 Å². The molecule has 2 aromatic carbocycles. The van der Waals surface area contributed by atoms with Gasteiger partial charge in [0.25, 0.3) is 5.91 Å². The van der Waals surface area contributed by atoms with E-state index < -0.39 is 12.1 Å². The summed E-state index contributed by atoms with van der Waals surface area (Å²) in [5.41, 5.74) is 1.80. The Labute approximate surface area is 158 Å². The topological polar surface area (TPSA) is 64.6 Å². The van der Waals surface area contributed by atoms with Gasteiger partial charge in [-0.25, -0.2) is 4.79 Å². The first kappa shape index (κ1) is 19.8. The summed E-state index contributed by atoms with van der Waals surface area (Å²) in [7, 11) is 0. The second-order valence-electron chi connectivity index (χ2n) is 5.74. The Hall–Kier alpha value is -2.53. The Morgan fingerprint density at radius 2 is 1.92 bits per heavy atom. The molecule has 138 valence electrons. The molecule has 0 aromatic heterocycles. The quantitative estimate of drug-likeness (QED) is 0.717. The molecule has 6 heteroatoms. The Bertz CT molecular complexity index is 791. The smallest absolute Gasteiger partial charge is 0.339 e.